The summed E-state index contributed by atoms with van der Waals surface area (Å²) in [4.78, 5) is 29.6. The lowest BCUT2D eigenvalue weighted by molar-refractivity contribution is 0.0638. The van der Waals surface area contributed by atoms with Gasteiger partial charge in [0, 0.05) is 30.3 Å². The second-order valence-corrected chi connectivity index (χ2v) is 9.02. The molecule has 0 N–H and O–H groups in total. The van der Waals surface area contributed by atoms with E-state index in [0.717, 1.165) is 65.7 Å². The van der Waals surface area contributed by atoms with Crippen molar-refractivity contribution in [3.05, 3.63) is 63.9 Å². The van der Waals surface area contributed by atoms with Crippen molar-refractivity contribution in [2.75, 3.05) is 13.1 Å². The first-order valence-electron chi connectivity index (χ1n) is 9.78. The van der Waals surface area contributed by atoms with E-state index in [9.17, 15) is 4.79 Å². The topological polar surface area (TPSA) is 59.0 Å². The Morgan fingerprint density at radius 2 is 2.00 bits per heavy atom. The molecule has 1 atom stereocenters. The van der Waals surface area contributed by atoms with E-state index in [0.29, 0.717) is 0 Å². The standard InChI is InChI=1S/C22H22N4OS/c1-15-23-13-18(28-15)21(27)26-11-5-9-22(14-26)10-8-17-12-24-20(25-19(17)22)16-6-3-2-4-7-16/h2-4,6-7,12-13H,5,8-11,14H2,1H3. The molecule has 2 aromatic heterocycles. The molecule has 0 radical (unpaired) electrons. The maximum Gasteiger partial charge on any atom is 0.265 e. The first-order valence-corrected chi connectivity index (χ1v) is 10.6. The number of aryl methyl sites for hydroxylation is 2. The number of piperidine rings is 1. The molecule has 1 spiro atoms. The second-order valence-electron chi connectivity index (χ2n) is 7.79. The van der Waals surface area contributed by atoms with Crippen molar-refractivity contribution < 1.29 is 4.79 Å². The summed E-state index contributed by atoms with van der Waals surface area (Å²) in [7, 11) is 0. The van der Waals surface area contributed by atoms with Crippen LogP contribution >= 0.6 is 11.3 Å². The lowest BCUT2D eigenvalue weighted by Gasteiger charge is -2.40. The Morgan fingerprint density at radius 1 is 1.14 bits per heavy atom. The monoisotopic (exact) mass is 390 g/mol. The fraction of sp³-hybridized carbons (Fsp3) is 0.364. The van der Waals surface area contributed by atoms with Gasteiger partial charge in [-0.3, -0.25) is 4.79 Å². The number of thiazole rings is 1. The SMILES string of the molecule is Cc1ncc(C(=O)N2CCCC3(CCc4cnc(-c5ccccc5)nc43)C2)s1. The highest BCUT2D eigenvalue weighted by atomic mass is 32.1. The van der Waals surface area contributed by atoms with Gasteiger partial charge in [0.2, 0.25) is 0 Å². The molecule has 1 aromatic carbocycles. The zero-order valence-corrected chi connectivity index (χ0v) is 16.7. The number of benzene rings is 1. The zero-order chi connectivity index (χ0) is 19.1. The molecule has 28 heavy (non-hydrogen) atoms. The van der Waals surface area contributed by atoms with Crippen LogP contribution in [-0.2, 0) is 11.8 Å². The Balaban J connectivity index is 1.47. The Bertz CT molecular complexity index is 1030. The minimum absolute atomic E-state index is 0.0462. The number of nitrogens with zero attached hydrogens (tertiary/aromatic N) is 4. The highest BCUT2D eigenvalue weighted by molar-refractivity contribution is 7.13. The molecule has 0 saturated carbocycles. The number of likely N-dealkylation sites (tertiary alicyclic amines) is 1. The van der Waals surface area contributed by atoms with Crippen LogP contribution in [-0.4, -0.2) is 38.8 Å². The van der Waals surface area contributed by atoms with E-state index in [1.807, 2.05) is 48.4 Å². The van der Waals surface area contributed by atoms with Crippen molar-refractivity contribution >= 4 is 17.2 Å². The van der Waals surface area contributed by atoms with E-state index >= 15 is 0 Å². The third kappa shape index (κ3) is 2.92. The normalized spacial score (nSPS) is 21.1. The van der Waals surface area contributed by atoms with Gasteiger partial charge >= 0.3 is 0 Å². The van der Waals surface area contributed by atoms with Crippen LogP contribution in [0.25, 0.3) is 11.4 Å². The van der Waals surface area contributed by atoms with Gasteiger partial charge < -0.3 is 4.90 Å². The molecular formula is C22H22N4OS. The van der Waals surface area contributed by atoms with Crippen LogP contribution in [0.4, 0.5) is 0 Å². The molecule has 6 heteroatoms. The van der Waals surface area contributed by atoms with Crippen LogP contribution in [0.3, 0.4) is 0 Å². The summed E-state index contributed by atoms with van der Waals surface area (Å²) in [5, 5.41) is 0.932. The van der Waals surface area contributed by atoms with E-state index < -0.39 is 0 Å². The van der Waals surface area contributed by atoms with Crippen molar-refractivity contribution in [1.29, 1.82) is 0 Å². The molecule has 1 aliphatic heterocycles. The van der Waals surface area contributed by atoms with Gasteiger partial charge in [-0.25, -0.2) is 15.0 Å². The minimum Gasteiger partial charge on any atom is -0.337 e. The number of rotatable bonds is 2. The molecule has 3 heterocycles. The van der Waals surface area contributed by atoms with E-state index in [2.05, 4.69) is 9.97 Å². The summed E-state index contributed by atoms with van der Waals surface area (Å²) >= 11 is 1.48. The first kappa shape index (κ1) is 17.5. The molecule has 3 aromatic rings. The number of fused-ring (bicyclic) bond motifs is 2. The molecule has 142 valence electrons. The van der Waals surface area contributed by atoms with Gasteiger partial charge in [0.15, 0.2) is 5.82 Å². The van der Waals surface area contributed by atoms with Crippen LogP contribution < -0.4 is 0 Å². The summed E-state index contributed by atoms with van der Waals surface area (Å²) < 4.78 is 0. The second kappa shape index (κ2) is 6.78. The average Bonchev–Trinajstić information content (AvgIpc) is 3.32. The van der Waals surface area contributed by atoms with Gasteiger partial charge in [0.05, 0.1) is 16.9 Å². The van der Waals surface area contributed by atoms with Gasteiger partial charge in [-0.2, -0.15) is 0 Å². The minimum atomic E-state index is -0.0462. The summed E-state index contributed by atoms with van der Waals surface area (Å²) in [6.45, 7) is 3.49. The Hall–Kier alpha value is -2.60. The van der Waals surface area contributed by atoms with Crippen LogP contribution in [0.15, 0.2) is 42.7 Å². The molecule has 5 nitrogen and oxygen atoms in total. The number of hydrogen-bond acceptors (Lipinski definition) is 5. The van der Waals surface area contributed by atoms with Crippen molar-refractivity contribution in [3.63, 3.8) is 0 Å². The van der Waals surface area contributed by atoms with E-state index in [-0.39, 0.29) is 11.3 Å². The van der Waals surface area contributed by atoms with Crippen LogP contribution in [0, 0.1) is 6.92 Å². The fourth-order valence-corrected chi connectivity index (χ4v) is 5.33. The van der Waals surface area contributed by atoms with E-state index in [4.69, 9.17) is 4.98 Å². The zero-order valence-electron chi connectivity index (χ0n) is 15.9. The van der Waals surface area contributed by atoms with Crippen molar-refractivity contribution in [2.24, 2.45) is 0 Å². The average molecular weight is 391 g/mol. The number of aromatic nitrogens is 3. The summed E-state index contributed by atoms with van der Waals surface area (Å²) in [6, 6.07) is 10.1. The van der Waals surface area contributed by atoms with Gasteiger partial charge in [0.25, 0.3) is 5.91 Å². The third-order valence-corrected chi connectivity index (χ3v) is 6.87. The quantitative estimate of drug-likeness (QED) is 0.663. The Kier molecular flexibility index (Phi) is 4.23. The molecule has 2 aliphatic rings. The molecule has 1 aliphatic carbocycles. The lowest BCUT2D eigenvalue weighted by atomic mass is 9.77. The van der Waals surface area contributed by atoms with Crippen LogP contribution in [0.5, 0.6) is 0 Å². The highest BCUT2D eigenvalue weighted by Crippen LogP contribution is 2.44. The fourth-order valence-electron chi connectivity index (χ4n) is 4.59. The lowest BCUT2D eigenvalue weighted by Crippen LogP contribution is -2.47. The number of hydrogen-bond donors (Lipinski definition) is 0. The summed E-state index contributed by atoms with van der Waals surface area (Å²) in [5.41, 5.74) is 3.38. The predicted molar refractivity (Wildman–Crippen MR) is 109 cm³/mol. The van der Waals surface area contributed by atoms with Gasteiger partial charge in [-0.05, 0) is 38.2 Å². The van der Waals surface area contributed by atoms with Gasteiger partial charge in [-0.1, -0.05) is 30.3 Å². The maximum atomic E-state index is 13.0. The predicted octanol–water partition coefficient (Wildman–Crippen LogP) is 4.03. The largest absolute Gasteiger partial charge is 0.337 e. The third-order valence-electron chi connectivity index (χ3n) is 5.97. The van der Waals surface area contributed by atoms with E-state index in [1.165, 1.54) is 16.9 Å². The molecule has 1 fully saturated rings. The number of carbonyl (C=O) groups excluding carboxylic acids is 1. The molecule has 1 saturated heterocycles. The van der Waals surface area contributed by atoms with E-state index in [1.54, 1.807) is 6.20 Å². The molecular weight excluding hydrogens is 368 g/mol. The van der Waals surface area contributed by atoms with Crippen molar-refractivity contribution in [2.45, 2.75) is 38.0 Å². The molecule has 5 rings (SSSR count). The Labute approximate surface area is 168 Å². The van der Waals surface area contributed by atoms with Crippen LogP contribution in [0.1, 0.15) is 45.2 Å². The number of amides is 1. The van der Waals surface area contributed by atoms with Gasteiger partial charge in [-0.15, -0.1) is 11.3 Å². The van der Waals surface area contributed by atoms with Crippen molar-refractivity contribution in [3.8, 4) is 11.4 Å². The smallest absolute Gasteiger partial charge is 0.265 e. The molecule has 0 bridgehead atoms. The molecule has 1 amide bonds. The number of carbonyl (C=O) groups is 1. The maximum absolute atomic E-state index is 13.0. The first-order chi connectivity index (χ1) is 13.6. The summed E-state index contributed by atoms with van der Waals surface area (Å²) in [6.07, 6.45) is 7.83. The summed E-state index contributed by atoms with van der Waals surface area (Å²) in [5.74, 6) is 0.887. The molecule has 1 unspecified atom stereocenters. The Morgan fingerprint density at radius 3 is 2.79 bits per heavy atom. The van der Waals surface area contributed by atoms with Crippen molar-refractivity contribution in [1.82, 2.24) is 19.9 Å². The highest BCUT2D eigenvalue weighted by Gasteiger charge is 2.45. The van der Waals surface area contributed by atoms with Crippen LogP contribution in [0.2, 0.25) is 0 Å². The van der Waals surface area contributed by atoms with Gasteiger partial charge in [0.1, 0.15) is 4.88 Å².